The van der Waals surface area contributed by atoms with Crippen LogP contribution in [0.2, 0.25) is 0 Å². The summed E-state index contributed by atoms with van der Waals surface area (Å²) in [5, 5.41) is 2.47. The first-order valence-corrected chi connectivity index (χ1v) is 19.4. The summed E-state index contributed by atoms with van der Waals surface area (Å²) in [6.45, 7) is 13.8. The summed E-state index contributed by atoms with van der Waals surface area (Å²) in [4.78, 5) is 2.53. The lowest BCUT2D eigenvalue weighted by Gasteiger charge is -2.33. The van der Waals surface area contributed by atoms with Gasteiger partial charge >= 0.3 is 0 Å². The number of anilines is 3. The Kier molecular flexibility index (Phi) is 9.49. The van der Waals surface area contributed by atoms with Crippen molar-refractivity contribution in [3.05, 3.63) is 199 Å². The third-order valence-corrected chi connectivity index (χ3v) is 10.8. The minimum atomic E-state index is -0.0227. The van der Waals surface area contributed by atoms with E-state index in [9.17, 15) is 0 Å². The van der Waals surface area contributed by atoms with E-state index in [1.807, 2.05) is 0 Å². The van der Waals surface area contributed by atoms with Crippen molar-refractivity contribution in [1.82, 2.24) is 0 Å². The fraction of sp³-hybridized carbons (Fsp3) is 0.148. The molecule has 8 aromatic carbocycles. The normalized spacial score (nSPS) is 11.8. The number of rotatable bonds is 7. The molecule has 0 saturated heterocycles. The molecule has 1 nitrogen and oxygen atoms in total. The van der Waals surface area contributed by atoms with E-state index in [4.69, 9.17) is 0 Å². The van der Waals surface area contributed by atoms with Gasteiger partial charge in [0.2, 0.25) is 0 Å². The highest BCUT2D eigenvalue weighted by molar-refractivity contribution is 6.09. The smallest absolute Gasteiger partial charge is 0.0540 e. The Labute approximate surface area is 327 Å². The monoisotopic (exact) mass is 711 g/mol. The van der Waals surface area contributed by atoms with Gasteiger partial charge in [0, 0.05) is 16.7 Å². The molecule has 0 N–H and O–H groups in total. The lowest BCUT2D eigenvalue weighted by Crippen LogP contribution is -2.17. The van der Waals surface area contributed by atoms with Crippen molar-refractivity contribution >= 4 is 27.8 Å². The van der Waals surface area contributed by atoms with Crippen molar-refractivity contribution < 1.29 is 0 Å². The van der Waals surface area contributed by atoms with Crippen LogP contribution in [0.3, 0.4) is 0 Å². The van der Waals surface area contributed by atoms with Crippen LogP contribution in [-0.2, 0) is 10.8 Å². The molecule has 0 aliphatic carbocycles. The summed E-state index contributed by atoms with van der Waals surface area (Å²) in [7, 11) is 0. The maximum absolute atomic E-state index is 2.53. The summed E-state index contributed by atoms with van der Waals surface area (Å²) in [6.07, 6.45) is 0. The van der Waals surface area contributed by atoms with Gasteiger partial charge < -0.3 is 4.90 Å². The number of fused-ring (bicyclic) bond motifs is 1. The largest absolute Gasteiger partial charge is 0.309 e. The average molecular weight is 712 g/mol. The number of benzene rings is 8. The second-order valence-electron chi connectivity index (χ2n) is 16.6. The predicted molar refractivity (Wildman–Crippen MR) is 238 cm³/mol. The van der Waals surface area contributed by atoms with Crippen LogP contribution in [0.15, 0.2) is 188 Å². The summed E-state index contributed by atoms with van der Waals surface area (Å²) in [6, 6.07) is 69.1. The van der Waals surface area contributed by atoms with Crippen LogP contribution in [0, 0.1) is 0 Å². The molecule has 0 unspecified atom stereocenters. The van der Waals surface area contributed by atoms with E-state index < -0.39 is 0 Å². The summed E-state index contributed by atoms with van der Waals surface area (Å²) < 4.78 is 0. The molecule has 0 fully saturated rings. The second-order valence-corrected chi connectivity index (χ2v) is 16.6. The first-order valence-electron chi connectivity index (χ1n) is 19.4. The summed E-state index contributed by atoms with van der Waals surface area (Å²) >= 11 is 0. The molecule has 1 heteroatoms. The Bertz CT molecular complexity index is 2480. The van der Waals surface area contributed by atoms with E-state index in [-0.39, 0.29) is 10.8 Å². The molecule has 0 spiro atoms. The lowest BCUT2D eigenvalue weighted by molar-refractivity contribution is 0.590. The maximum Gasteiger partial charge on any atom is 0.0540 e. The zero-order valence-electron chi connectivity index (χ0n) is 32.8. The fourth-order valence-electron chi connectivity index (χ4n) is 7.80. The molecule has 8 aromatic rings. The Balaban J connectivity index is 1.49. The van der Waals surface area contributed by atoms with Gasteiger partial charge in [-0.25, -0.2) is 0 Å². The van der Waals surface area contributed by atoms with Crippen molar-refractivity contribution in [2.24, 2.45) is 0 Å². The Morgan fingerprint density at radius 2 is 0.691 bits per heavy atom. The zero-order valence-corrected chi connectivity index (χ0v) is 32.8. The minimum Gasteiger partial charge on any atom is -0.309 e. The first-order chi connectivity index (χ1) is 26.6. The van der Waals surface area contributed by atoms with Gasteiger partial charge in [0.1, 0.15) is 0 Å². The van der Waals surface area contributed by atoms with Crippen LogP contribution in [-0.4, -0.2) is 0 Å². The molecule has 0 aliphatic rings. The molecule has 0 saturated carbocycles. The Hall–Kier alpha value is -6.18. The number of para-hydroxylation sites is 1. The highest BCUT2D eigenvalue weighted by Crippen LogP contribution is 2.50. The highest BCUT2D eigenvalue weighted by Gasteiger charge is 2.27. The quantitative estimate of drug-likeness (QED) is 0.159. The van der Waals surface area contributed by atoms with Gasteiger partial charge in [-0.3, -0.25) is 0 Å². The van der Waals surface area contributed by atoms with Crippen LogP contribution in [0.1, 0.15) is 52.7 Å². The minimum absolute atomic E-state index is 0.0227. The predicted octanol–water partition coefficient (Wildman–Crippen LogP) is 15.6. The van der Waals surface area contributed by atoms with Crippen LogP contribution in [0.4, 0.5) is 17.1 Å². The van der Waals surface area contributed by atoms with Gasteiger partial charge in [-0.2, -0.15) is 0 Å². The van der Waals surface area contributed by atoms with Gasteiger partial charge in [-0.15, -0.1) is 0 Å². The Morgan fingerprint density at radius 3 is 1.16 bits per heavy atom. The number of nitrogens with zero attached hydrogens (tertiary/aromatic N) is 1. The summed E-state index contributed by atoms with van der Waals surface area (Å²) in [5.74, 6) is 0. The maximum atomic E-state index is 2.53. The number of hydrogen-bond donors (Lipinski definition) is 0. The van der Waals surface area contributed by atoms with E-state index in [0.717, 1.165) is 17.1 Å². The molecule has 0 aliphatic heterocycles. The van der Waals surface area contributed by atoms with Gasteiger partial charge in [-0.1, -0.05) is 199 Å². The molecule has 8 rings (SSSR count). The zero-order chi connectivity index (χ0) is 38.2. The van der Waals surface area contributed by atoms with Crippen LogP contribution in [0.5, 0.6) is 0 Å². The van der Waals surface area contributed by atoms with Gasteiger partial charge in [0.25, 0.3) is 0 Å². The topological polar surface area (TPSA) is 3.24 Å². The SMILES string of the molecule is CC(C)(C)c1ccc(N(c2ccc(C(C)(C)C)cc2-c2ccccc2)c2ccccc2-c2cccc3cccc(-c4ccccc4)c23)c(-c2ccccc2)c1. The van der Waals surface area contributed by atoms with Crippen molar-refractivity contribution in [3.8, 4) is 44.5 Å². The highest BCUT2D eigenvalue weighted by atomic mass is 15.1. The van der Waals surface area contributed by atoms with Crippen molar-refractivity contribution in [2.75, 3.05) is 4.90 Å². The first kappa shape index (κ1) is 35.8. The van der Waals surface area contributed by atoms with Gasteiger partial charge in [0.15, 0.2) is 0 Å². The van der Waals surface area contributed by atoms with Crippen LogP contribution < -0.4 is 4.90 Å². The lowest BCUT2D eigenvalue weighted by atomic mass is 9.83. The van der Waals surface area contributed by atoms with E-state index >= 15 is 0 Å². The van der Waals surface area contributed by atoms with Crippen molar-refractivity contribution in [2.45, 2.75) is 52.4 Å². The molecular weight excluding hydrogens is 663 g/mol. The Morgan fingerprint density at radius 1 is 0.309 bits per heavy atom. The molecule has 55 heavy (non-hydrogen) atoms. The van der Waals surface area contributed by atoms with E-state index in [2.05, 4.69) is 234 Å². The van der Waals surface area contributed by atoms with Crippen molar-refractivity contribution in [1.29, 1.82) is 0 Å². The van der Waals surface area contributed by atoms with E-state index in [0.29, 0.717) is 0 Å². The van der Waals surface area contributed by atoms with E-state index in [1.54, 1.807) is 0 Å². The third kappa shape index (κ3) is 7.11. The molecule has 0 amide bonds. The molecule has 0 bridgehead atoms. The number of hydrogen-bond acceptors (Lipinski definition) is 1. The summed E-state index contributed by atoms with van der Waals surface area (Å²) in [5.41, 5.74) is 15.6. The molecule has 0 atom stereocenters. The van der Waals surface area contributed by atoms with E-state index in [1.165, 1.54) is 66.4 Å². The fourth-order valence-corrected chi connectivity index (χ4v) is 7.80. The molecule has 0 heterocycles. The average Bonchev–Trinajstić information content (AvgIpc) is 3.21. The standard InChI is InChI=1S/C54H49N/c1-53(2,3)42-32-34-50(47(36-42)39-22-12-8-13-23-39)55(51-35-33-43(54(4,5)6)37-48(51)40-24-14-9-15-25-40)49-31-17-16-28-45(49)46-30-19-27-41-26-18-29-44(52(41)46)38-20-10-7-11-21-38/h7-37H,1-6H3. The molecular formula is C54H49N. The second kappa shape index (κ2) is 14.6. The third-order valence-electron chi connectivity index (χ3n) is 10.8. The van der Waals surface area contributed by atoms with Gasteiger partial charge in [0.05, 0.1) is 17.1 Å². The molecule has 0 aromatic heterocycles. The van der Waals surface area contributed by atoms with Crippen LogP contribution >= 0.6 is 0 Å². The molecule has 270 valence electrons. The van der Waals surface area contributed by atoms with Crippen LogP contribution in [0.25, 0.3) is 55.3 Å². The van der Waals surface area contributed by atoms with Gasteiger partial charge in [-0.05, 0) is 90.9 Å². The van der Waals surface area contributed by atoms with Crippen molar-refractivity contribution in [3.63, 3.8) is 0 Å². The molecule has 0 radical (unpaired) electrons.